The first-order chi connectivity index (χ1) is 12.0. The minimum atomic E-state index is -0.801. The summed E-state index contributed by atoms with van der Waals surface area (Å²) >= 11 is 3.36. The van der Waals surface area contributed by atoms with Crippen molar-refractivity contribution >= 4 is 38.6 Å². The Morgan fingerprint density at radius 2 is 1.84 bits per heavy atom. The molecule has 0 aliphatic rings. The van der Waals surface area contributed by atoms with Crippen molar-refractivity contribution in [2.75, 3.05) is 5.32 Å². The number of aliphatic hydroxyl groups is 1. The number of para-hydroxylation sites is 1. The molecule has 6 heteroatoms. The second kappa shape index (κ2) is 7.63. The molecule has 2 atom stereocenters. The summed E-state index contributed by atoms with van der Waals surface area (Å²) in [6, 6.07) is 15.9. The van der Waals surface area contributed by atoms with Crippen LogP contribution in [0.3, 0.4) is 0 Å². The topological polar surface area (TPSA) is 74.2 Å². The number of aliphatic hydroxyl groups excluding tert-OH is 1. The Morgan fingerprint density at radius 1 is 1.12 bits per heavy atom. The molecule has 5 nitrogen and oxygen atoms in total. The van der Waals surface area contributed by atoms with Gasteiger partial charge in [-0.15, -0.1) is 0 Å². The standard InChI is InChI=1S/C19H18BrN3O2/c1-12(18(24)14-7-9-15(20)10-8-14)22-19(25)23-16-6-2-4-13-5-3-11-21-17(13)16/h2-12,18,24H,1H3,(H2,22,23,25)/t12-,18-/m0/s1. The van der Waals surface area contributed by atoms with Gasteiger partial charge < -0.3 is 15.7 Å². The van der Waals surface area contributed by atoms with E-state index in [2.05, 4.69) is 31.5 Å². The van der Waals surface area contributed by atoms with Crippen LogP contribution < -0.4 is 10.6 Å². The molecule has 1 aromatic heterocycles. The summed E-state index contributed by atoms with van der Waals surface area (Å²) in [5, 5.41) is 16.9. The highest BCUT2D eigenvalue weighted by Gasteiger charge is 2.18. The van der Waals surface area contributed by atoms with Gasteiger partial charge in [0.25, 0.3) is 0 Å². The Kier molecular flexibility index (Phi) is 5.31. The van der Waals surface area contributed by atoms with Gasteiger partial charge in [0.2, 0.25) is 0 Å². The second-order valence-electron chi connectivity index (χ2n) is 5.76. The molecular formula is C19H18BrN3O2. The molecule has 0 spiro atoms. The lowest BCUT2D eigenvalue weighted by molar-refractivity contribution is 0.139. The number of carbonyl (C=O) groups is 1. The maximum absolute atomic E-state index is 12.3. The van der Waals surface area contributed by atoms with Crippen molar-refractivity contribution in [1.82, 2.24) is 10.3 Å². The number of nitrogens with zero attached hydrogens (tertiary/aromatic N) is 1. The fraction of sp³-hybridized carbons (Fsp3) is 0.158. The number of amides is 2. The SMILES string of the molecule is C[C@H](NC(=O)Nc1cccc2cccnc12)[C@H](O)c1ccc(Br)cc1. The molecular weight excluding hydrogens is 382 g/mol. The second-order valence-corrected chi connectivity index (χ2v) is 6.68. The average Bonchev–Trinajstić information content (AvgIpc) is 2.62. The highest BCUT2D eigenvalue weighted by molar-refractivity contribution is 9.10. The number of fused-ring (bicyclic) bond motifs is 1. The van der Waals surface area contributed by atoms with E-state index in [1.807, 2.05) is 48.5 Å². The summed E-state index contributed by atoms with van der Waals surface area (Å²) in [6.45, 7) is 1.76. The molecule has 25 heavy (non-hydrogen) atoms. The lowest BCUT2D eigenvalue weighted by Gasteiger charge is -2.21. The molecule has 2 aromatic carbocycles. The number of urea groups is 1. The van der Waals surface area contributed by atoms with Crippen LogP contribution in [0.25, 0.3) is 10.9 Å². The number of aromatic nitrogens is 1. The van der Waals surface area contributed by atoms with E-state index >= 15 is 0 Å². The zero-order chi connectivity index (χ0) is 17.8. The number of anilines is 1. The molecule has 3 rings (SSSR count). The lowest BCUT2D eigenvalue weighted by atomic mass is 10.0. The minimum absolute atomic E-state index is 0.387. The normalized spacial score (nSPS) is 13.2. The van der Waals surface area contributed by atoms with E-state index in [-0.39, 0.29) is 6.03 Å². The molecule has 1 heterocycles. The fourth-order valence-corrected chi connectivity index (χ4v) is 2.86. The summed E-state index contributed by atoms with van der Waals surface area (Å²) in [5.74, 6) is 0. The van der Waals surface area contributed by atoms with Gasteiger partial charge in [0, 0.05) is 16.1 Å². The van der Waals surface area contributed by atoms with Crippen molar-refractivity contribution in [2.45, 2.75) is 19.1 Å². The molecule has 0 saturated heterocycles. The van der Waals surface area contributed by atoms with Crippen LogP contribution >= 0.6 is 15.9 Å². The van der Waals surface area contributed by atoms with Crippen LogP contribution in [0.15, 0.2) is 65.3 Å². The first-order valence-electron chi connectivity index (χ1n) is 7.89. The number of hydrogen-bond acceptors (Lipinski definition) is 3. The summed E-state index contributed by atoms with van der Waals surface area (Å²) < 4.78 is 0.935. The molecule has 3 aromatic rings. The van der Waals surface area contributed by atoms with Crippen molar-refractivity contribution in [2.24, 2.45) is 0 Å². The third kappa shape index (κ3) is 4.15. The number of rotatable bonds is 4. The molecule has 0 unspecified atom stereocenters. The monoisotopic (exact) mass is 399 g/mol. The van der Waals surface area contributed by atoms with Crippen molar-refractivity contribution in [3.63, 3.8) is 0 Å². The molecule has 128 valence electrons. The van der Waals surface area contributed by atoms with Gasteiger partial charge in [-0.25, -0.2) is 4.79 Å². The van der Waals surface area contributed by atoms with Crippen LogP contribution in [0.2, 0.25) is 0 Å². The van der Waals surface area contributed by atoms with Crippen LogP contribution in [0.5, 0.6) is 0 Å². The molecule has 0 saturated carbocycles. The van der Waals surface area contributed by atoms with E-state index in [4.69, 9.17) is 0 Å². The zero-order valence-electron chi connectivity index (χ0n) is 13.6. The minimum Gasteiger partial charge on any atom is -0.386 e. The van der Waals surface area contributed by atoms with Gasteiger partial charge in [-0.3, -0.25) is 4.98 Å². The quantitative estimate of drug-likeness (QED) is 0.613. The van der Waals surface area contributed by atoms with Gasteiger partial charge in [-0.2, -0.15) is 0 Å². The first-order valence-corrected chi connectivity index (χ1v) is 8.68. The summed E-state index contributed by atoms with van der Waals surface area (Å²) in [4.78, 5) is 16.6. The Balaban J connectivity index is 1.68. The maximum Gasteiger partial charge on any atom is 0.319 e. The molecule has 0 radical (unpaired) electrons. The summed E-state index contributed by atoms with van der Waals surface area (Å²) in [5.41, 5.74) is 2.09. The first kappa shape index (κ1) is 17.4. The molecule has 0 aliphatic carbocycles. The summed E-state index contributed by atoms with van der Waals surface area (Å²) in [6.07, 6.45) is 0.884. The fourth-order valence-electron chi connectivity index (χ4n) is 2.60. The number of pyridine rings is 1. The third-order valence-electron chi connectivity index (χ3n) is 3.92. The number of nitrogens with one attached hydrogen (secondary N) is 2. The van der Waals surface area contributed by atoms with Gasteiger partial charge in [-0.1, -0.05) is 46.3 Å². The Morgan fingerprint density at radius 3 is 2.60 bits per heavy atom. The van der Waals surface area contributed by atoms with Crippen molar-refractivity contribution in [3.05, 3.63) is 70.8 Å². The van der Waals surface area contributed by atoms with Crippen LogP contribution in [-0.2, 0) is 0 Å². The summed E-state index contributed by atoms with van der Waals surface area (Å²) in [7, 11) is 0. The van der Waals surface area contributed by atoms with Gasteiger partial charge in [0.15, 0.2) is 0 Å². The molecule has 0 bridgehead atoms. The smallest absolute Gasteiger partial charge is 0.319 e. The average molecular weight is 400 g/mol. The van der Waals surface area contributed by atoms with Gasteiger partial charge in [-0.05, 0) is 36.8 Å². The molecule has 0 aliphatic heterocycles. The Bertz CT molecular complexity index is 878. The van der Waals surface area contributed by atoms with Gasteiger partial charge in [0.05, 0.1) is 23.3 Å². The van der Waals surface area contributed by atoms with Crippen molar-refractivity contribution in [3.8, 4) is 0 Å². The van der Waals surface area contributed by atoms with Crippen molar-refractivity contribution < 1.29 is 9.90 Å². The highest BCUT2D eigenvalue weighted by atomic mass is 79.9. The number of benzene rings is 2. The van der Waals surface area contributed by atoms with E-state index < -0.39 is 12.1 Å². The van der Waals surface area contributed by atoms with E-state index in [1.165, 1.54) is 0 Å². The molecule has 0 fully saturated rings. The number of carbonyl (C=O) groups excluding carboxylic acids is 1. The van der Waals surface area contributed by atoms with E-state index in [1.54, 1.807) is 19.2 Å². The predicted octanol–water partition coefficient (Wildman–Crippen LogP) is 4.24. The van der Waals surface area contributed by atoms with Crippen LogP contribution in [0.4, 0.5) is 10.5 Å². The number of halogens is 1. The maximum atomic E-state index is 12.3. The molecule has 3 N–H and O–H groups in total. The van der Waals surface area contributed by atoms with Gasteiger partial charge in [0.1, 0.15) is 0 Å². The highest BCUT2D eigenvalue weighted by Crippen LogP contribution is 2.22. The van der Waals surface area contributed by atoms with E-state index in [0.717, 1.165) is 20.9 Å². The largest absolute Gasteiger partial charge is 0.386 e. The molecule has 2 amide bonds. The van der Waals surface area contributed by atoms with Crippen molar-refractivity contribution in [1.29, 1.82) is 0 Å². The Labute approximate surface area is 154 Å². The van der Waals surface area contributed by atoms with Crippen LogP contribution in [0, 0.1) is 0 Å². The van der Waals surface area contributed by atoms with Crippen LogP contribution in [0.1, 0.15) is 18.6 Å². The third-order valence-corrected chi connectivity index (χ3v) is 4.45. The number of hydrogen-bond donors (Lipinski definition) is 3. The lowest BCUT2D eigenvalue weighted by Crippen LogP contribution is -2.39. The van der Waals surface area contributed by atoms with Gasteiger partial charge >= 0.3 is 6.03 Å². The van der Waals surface area contributed by atoms with Crippen LogP contribution in [-0.4, -0.2) is 22.2 Å². The zero-order valence-corrected chi connectivity index (χ0v) is 15.2. The van der Waals surface area contributed by atoms with E-state index in [0.29, 0.717) is 5.69 Å². The van der Waals surface area contributed by atoms with E-state index in [9.17, 15) is 9.90 Å². The Hall–Kier alpha value is -2.44. The predicted molar refractivity (Wildman–Crippen MR) is 102 cm³/mol.